The second-order valence-corrected chi connectivity index (χ2v) is 10.7. The molecule has 31 heavy (non-hydrogen) atoms. The van der Waals surface area contributed by atoms with Gasteiger partial charge < -0.3 is 14.6 Å². The van der Waals surface area contributed by atoms with Crippen molar-refractivity contribution < 1.29 is 29.0 Å². The number of carbonyl (C=O) groups excluding carboxylic acids is 3. The first-order valence-corrected chi connectivity index (χ1v) is 11.6. The monoisotopic (exact) mass is 436 g/mol. The van der Waals surface area contributed by atoms with Crippen molar-refractivity contribution >= 4 is 17.7 Å². The van der Waals surface area contributed by atoms with Gasteiger partial charge >= 0.3 is 11.9 Å². The van der Waals surface area contributed by atoms with Crippen molar-refractivity contribution in [1.29, 1.82) is 0 Å². The van der Waals surface area contributed by atoms with Crippen molar-refractivity contribution in [2.45, 2.75) is 86.2 Å². The molecule has 1 fully saturated rings. The smallest absolute Gasteiger partial charge is 0.306 e. The summed E-state index contributed by atoms with van der Waals surface area (Å²) >= 11 is 0. The molecule has 1 N–H and O–H groups in total. The van der Waals surface area contributed by atoms with Crippen LogP contribution in [0.25, 0.3) is 0 Å². The Bertz CT molecular complexity index is 709. The van der Waals surface area contributed by atoms with Gasteiger partial charge in [0.15, 0.2) is 5.78 Å². The van der Waals surface area contributed by atoms with Crippen molar-refractivity contribution in [2.24, 2.45) is 28.6 Å². The summed E-state index contributed by atoms with van der Waals surface area (Å²) in [4.78, 5) is 35.3. The molecule has 0 saturated heterocycles. The fourth-order valence-electron chi connectivity index (χ4n) is 5.28. The van der Waals surface area contributed by atoms with Crippen LogP contribution in [0.3, 0.4) is 0 Å². The zero-order valence-corrected chi connectivity index (χ0v) is 20.0. The summed E-state index contributed by atoms with van der Waals surface area (Å²) < 4.78 is 9.84. The second kappa shape index (κ2) is 10.3. The Morgan fingerprint density at radius 3 is 2.48 bits per heavy atom. The molecule has 2 aliphatic rings. The van der Waals surface area contributed by atoms with Crippen LogP contribution in [0.1, 0.15) is 80.1 Å². The van der Waals surface area contributed by atoms with Crippen LogP contribution >= 0.6 is 0 Å². The third-order valence-electron chi connectivity index (χ3n) is 7.49. The van der Waals surface area contributed by atoms with Gasteiger partial charge in [0.25, 0.3) is 0 Å². The number of allylic oxidation sites excluding steroid dienone is 2. The maximum absolute atomic E-state index is 12.4. The van der Waals surface area contributed by atoms with Crippen LogP contribution in [0.4, 0.5) is 0 Å². The lowest BCUT2D eigenvalue weighted by Gasteiger charge is -2.52. The number of hydrogen-bond donors (Lipinski definition) is 1. The minimum Gasteiger partial charge on any atom is -0.463 e. The van der Waals surface area contributed by atoms with Crippen LogP contribution in [-0.2, 0) is 23.9 Å². The molecule has 176 valence electrons. The van der Waals surface area contributed by atoms with Crippen molar-refractivity contribution in [2.75, 3.05) is 13.2 Å². The van der Waals surface area contributed by atoms with Crippen LogP contribution in [0.15, 0.2) is 11.6 Å². The van der Waals surface area contributed by atoms with Gasteiger partial charge in [-0.2, -0.15) is 0 Å². The summed E-state index contributed by atoms with van der Waals surface area (Å²) in [5, 5.41) is 9.70. The largest absolute Gasteiger partial charge is 0.463 e. The molecule has 0 aromatic rings. The number of aliphatic hydroxyl groups excluding tert-OH is 1. The summed E-state index contributed by atoms with van der Waals surface area (Å²) in [6.45, 7) is 11.9. The van der Waals surface area contributed by atoms with Crippen molar-refractivity contribution in [3.63, 3.8) is 0 Å². The first kappa shape index (κ1) is 25.6. The predicted molar refractivity (Wildman–Crippen MR) is 118 cm³/mol. The van der Waals surface area contributed by atoms with Crippen LogP contribution in [0.5, 0.6) is 0 Å². The fraction of sp³-hybridized carbons (Fsp3) is 0.800. The highest BCUT2D eigenvalue weighted by molar-refractivity contribution is 5.92. The maximum atomic E-state index is 12.4. The van der Waals surface area contributed by atoms with E-state index in [1.807, 2.05) is 13.0 Å². The Hall–Kier alpha value is -1.69. The molecular weight excluding hydrogens is 396 g/mol. The number of ether oxygens (including phenoxy) is 2. The molecule has 0 aromatic heterocycles. The van der Waals surface area contributed by atoms with Gasteiger partial charge in [-0.3, -0.25) is 14.4 Å². The Balaban J connectivity index is 1.91. The van der Waals surface area contributed by atoms with E-state index in [1.165, 1.54) is 12.5 Å². The van der Waals surface area contributed by atoms with Crippen LogP contribution in [0.2, 0.25) is 0 Å². The summed E-state index contributed by atoms with van der Waals surface area (Å²) in [6, 6.07) is 0. The summed E-state index contributed by atoms with van der Waals surface area (Å²) in [7, 11) is 0. The molecule has 0 amide bonds. The number of carbonyl (C=O) groups is 3. The number of ketones is 1. The fourth-order valence-corrected chi connectivity index (χ4v) is 5.28. The molecule has 0 radical (unpaired) electrons. The van der Waals surface area contributed by atoms with Gasteiger partial charge in [-0.1, -0.05) is 40.2 Å². The summed E-state index contributed by atoms with van der Waals surface area (Å²) in [5.41, 5.74) is 1.29. The number of esters is 2. The molecule has 2 rings (SSSR count). The van der Waals surface area contributed by atoms with Crippen LogP contribution in [0, 0.1) is 28.6 Å². The van der Waals surface area contributed by atoms with E-state index in [2.05, 4.69) is 27.7 Å². The van der Waals surface area contributed by atoms with Gasteiger partial charge in [-0.25, -0.2) is 0 Å². The number of hydrogen-bond acceptors (Lipinski definition) is 6. The van der Waals surface area contributed by atoms with Crippen molar-refractivity contribution in [1.82, 2.24) is 0 Å². The minimum absolute atomic E-state index is 0.00489. The van der Waals surface area contributed by atoms with Gasteiger partial charge in [-0.05, 0) is 60.3 Å². The maximum Gasteiger partial charge on any atom is 0.306 e. The SMILES string of the molecule is CC(=O)OC[C@@H](O)COC(=O)CC(C)CC[C@]1(C)C2=CC(=O)CC(C)(C)[C@H]2CC[C@@H]1C. The van der Waals surface area contributed by atoms with E-state index in [0.29, 0.717) is 18.3 Å². The molecule has 0 aromatic carbocycles. The standard InChI is InChI=1S/C25H40O6/c1-16(11-23(29)31-15-20(28)14-30-18(3)26)9-10-25(6)17(2)7-8-21-22(25)12-19(27)13-24(21,4)5/h12,16-17,20-21,28H,7-11,13-15H2,1-6H3/t16?,17-,20+,21-,25-/m0/s1. The van der Waals surface area contributed by atoms with E-state index in [0.717, 1.165) is 25.7 Å². The van der Waals surface area contributed by atoms with Crippen molar-refractivity contribution in [3.8, 4) is 0 Å². The van der Waals surface area contributed by atoms with E-state index in [4.69, 9.17) is 9.47 Å². The average Bonchev–Trinajstić information content (AvgIpc) is 2.65. The van der Waals surface area contributed by atoms with E-state index in [-0.39, 0.29) is 48.1 Å². The third-order valence-corrected chi connectivity index (χ3v) is 7.49. The molecule has 1 saturated carbocycles. The van der Waals surface area contributed by atoms with Gasteiger partial charge in [-0.15, -0.1) is 0 Å². The number of aliphatic hydroxyl groups is 1. The van der Waals surface area contributed by atoms with Gasteiger partial charge in [0.2, 0.25) is 0 Å². The molecule has 5 atom stereocenters. The van der Waals surface area contributed by atoms with E-state index in [1.54, 1.807) is 0 Å². The van der Waals surface area contributed by atoms with E-state index < -0.39 is 12.1 Å². The number of fused-ring (bicyclic) bond motifs is 1. The molecule has 0 aliphatic heterocycles. The number of rotatable bonds is 9. The Morgan fingerprint density at radius 2 is 1.84 bits per heavy atom. The minimum atomic E-state index is -1.01. The average molecular weight is 437 g/mol. The highest BCUT2D eigenvalue weighted by Crippen LogP contribution is 2.57. The second-order valence-electron chi connectivity index (χ2n) is 10.7. The normalized spacial score (nSPS) is 29.4. The van der Waals surface area contributed by atoms with Crippen LogP contribution < -0.4 is 0 Å². The molecule has 0 heterocycles. The summed E-state index contributed by atoms with van der Waals surface area (Å²) in [6.07, 6.45) is 5.91. The lowest BCUT2D eigenvalue weighted by Crippen LogP contribution is -2.44. The molecule has 2 aliphatic carbocycles. The van der Waals surface area contributed by atoms with Gasteiger partial charge in [0.1, 0.15) is 19.3 Å². The highest BCUT2D eigenvalue weighted by atomic mass is 16.6. The van der Waals surface area contributed by atoms with Gasteiger partial charge in [0.05, 0.1) is 0 Å². The lowest BCUT2D eigenvalue weighted by molar-refractivity contribution is -0.151. The Kier molecular flexibility index (Phi) is 8.48. The molecule has 6 nitrogen and oxygen atoms in total. The summed E-state index contributed by atoms with van der Waals surface area (Å²) in [5.74, 6) is 0.473. The highest BCUT2D eigenvalue weighted by Gasteiger charge is 2.49. The zero-order valence-electron chi connectivity index (χ0n) is 20.0. The topological polar surface area (TPSA) is 89.9 Å². The van der Waals surface area contributed by atoms with E-state index >= 15 is 0 Å². The van der Waals surface area contributed by atoms with Crippen molar-refractivity contribution in [3.05, 3.63) is 11.6 Å². The van der Waals surface area contributed by atoms with Crippen LogP contribution in [-0.4, -0.2) is 42.1 Å². The zero-order chi connectivity index (χ0) is 23.4. The molecule has 0 bridgehead atoms. The first-order valence-electron chi connectivity index (χ1n) is 11.6. The third kappa shape index (κ3) is 6.64. The Labute approximate surface area is 186 Å². The lowest BCUT2D eigenvalue weighted by atomic mass is 9.52. The predicted octanol–water partition coefficient (Wildman–Crippen LogP) is 4.24. The molecule has 6 heteroatoms. The molecule has 1 unspecified atom stereocenters. The Morgan fingerprint density at radius 1 is 1.19 bits per heavy atom. The van der Waals surface area contributed by atoms with Gasteiger partial charge in [0, 0.05) is 19.8 Å². The molecule has 0 spiro atoms. The van der Waals surface area contributed by atoms with E-state index in [9.17, 15) is 19.5 Å². The quantitative estimate of drug-likeness (QED) is 0.544. The molecular formula is C25H40O6. The first-order chi connectivity index (χ1) is 14.3.